The van der Waals surface area contributed by atoms with Gasteiger partial charge in [0.2, 0.25) is 5.76 Å². The Morgan fingerprint density at radius 2 is 2.23 bits per heavy atom. The lowest BCUT2D eigenvalue weighted by molar-refractivity contribution is -0.0959. The molecule has 2 saturated heterocycles. The second kappa shape index (κ2) is 7.21. The number of amides is 1. The Labute approximate surface area is 153 Å². The zero-order valence-corrected chi connectivity index (χ0v) is 15.0. The average molecular weight is 356 g/mol. The van der Waals surface area contributed by atoms with Crippen LogP contribution >= 0.6 is 0 Å². The van der Waals surface area contributed by atoms with E-state index in [-0.39, 0.29) is 12.0 Å². The minimum Gasteiger partial charge on any atom is -0.370 e. The maximum atomic E-state index is 12.8. The quantitative estimate of drug-likeness (QED) is 0.824. The van der Waals surface area contributed by atoms with Crippen molar-refractivity contribution in [1.82, 2.24) is 10.1 Å². The molecule has 2 aliphatic rings. The van der Waals surface area contributed by atoms with Gasteiger partial charge in [0, 0.05) is 12.7 Å². The van der Waals surface area contributed by atoms with Crippen molar-refractivity contribution in [3.8, 4) is 0 Å². The van der Waals surface area contributed by atoms with E-state index in [1.807, 2.05) is 37.3 Å². The van der Waals surface area contributed by atoms with Crippen molar-refractivity contribution in [1.29, 1.82) is 0 Å². The molecule has 0 radical (unpaired) electrons. The largest absolute Gasteiger partial charge is 0.370 e. The van der Waals surface area contributed by atoms with Crippen molar-refractivity contribution in [2.45, 2.75) is 44.5 Å². The maximum Gasteiger partial charge on any atom is 0.292 e. The smallest absolute Gasteiger partial charge is 0.292 e. The molecule has 3 heterocycles. The van der Waals surface area contributed by atoms with Crippen molar-refractivity contribution in [3.05, 3.63) is 53.4 Å². The third-order valence-electron chi connectivity index (χ3n) is 5.28. The summed E-state index contributed by atoms with van der Waals surface area (Å²) in [4.78, 5) is 14.6. The summed E-state index contributed by atoms with van der Waals surface area (Å²) in [5.74, 6) is 0.150. The van der Waals surface area contributed by atoms with Crippen LogP contribution in [0, 0.1) is 0 Å². The zero-order valence-electron chi connectivity index (χ0n) is 15.0. The van der Waals surface area contributed by atoms with E-state index in [1.54, 1.807) is 11.0 Å². The average Bonchev–Trinajstić information content (AvgIpc) is 3.41. The van der Waals surface area contributed by atoms with Crippen LogP contribution in [-0.4, -0.2) is 47.4 Å². The SMILES string of the molecule is CCc1cc(C(=O)N2C[C@H](OCc3ccccc3)[C@]3(CCCO3)C2)on1. The Kier molecular flexibility index (Phi) is 4.78. The molecule has 26 heavy (non-hydrogen) atoms. The van der Waals surface area contributed by atoms with E-state index in [1.165, 1.54) is 0 Å². The molecule has 1 aromatic heterocycles. The highest BCUT2D eigenvalue weighted by Gasteiger charge is 2.52. The normalized spacial score (nSPS) is 25.3. The highest BCUT2D eigenvalue weighted by molar-refractivity contribution is 5.91. The summed E-state index contributed by atoms with van der Waals surface area (Å²) in [7, 11) is 0. The molecule has 1 amide bonds. The van der Waals surface area contributed by atoms with Gasteiger partial charge in [-0.05, 0) is 24.8 Å². The Morgan fingerprint density at radius 3 is 2.92 bits per heavy atom. The van der Waals surface area contributed by atoms with E-state index in [4.69, 9.17) is 14.0 Å². The minimum atomic E-state index is -0.405. The number of nitrogens with zero attached hydrogens (tertiary/aromatic N) is 2. The molecule has 6 heteroatoms. The molecule has 2 atom stereocenters. The molecule has 0 unspecified atom stereocenters. The number of hydrogen-bond donors (Lipinski definition) is 0. The molecule has 2 aromatic rings. The number of rotatable bonds is 5. The molecule has 0 bridgehead atoms. The molecule has 0 aliphatic carbocycles. The summed E-state index contributed by atoms with van der Waals surface area (Å²) < 4.78 is 17.5. The summed E-state index contributed by atoms with van der Waals surface area (Å²) in [6.07, 6.45) is 2.51. The van der Waals surface area contributed by atoms with Gasteiger partial charge in [0.05, 0.1) is 25.4 Å². The molecule has 0 saturated carbocycles. The van der Waals surface area contributed by atoms with E-state index >= 15 is 0 Å². The van der Waals surface area contributed by atoms with Crippen LogP contribution in [0.15, 0.2) is 40.9 Å². The standard InChI is InChI=1S/C20H24N2O4/c1-2-16-11-17(26-21-16)19(23)22-12-18(20(14-22)9-6-10-25-20)24-13-15-7-4-3-5-8-15/h3-5,7-8,11,18H,2,6,9-10,12-14H2,1H3/t18-,20-/m0/s1. The Morgan fingerprint density at radius 1 is 1.38 bits per heavy atom. The Hall–Kier alpha value is -2.18. The number of carbonyl (C=O) groups excluding carboxylic acids is 1. The number of likely N-dealkylation sites (tertiary alicyclic amines) is 1. The van der Waals surface area contributed by atoms with Crippen LogP contribution in [0.25, 0.3) is 0 Å². The lowest BCUT2D eigenvalue weighted by Gasteiger charge is -2.28. The molecule has 2 fully saturated rings. The monoisotopic (exact) mass is 356 g/mol. The third kappa shape index (κ3) is 3.27. The molecule has 138 valence electrons. The number of hydrogen-bond acceptors (Lipinski definition) is 5. The van der Waals surface area contributed by atoms with Gasteiger partial charge in [-0.3, -0.25) is 4.79 Å². The van der Waals surface area contributed by atoms with E-state index < -0.39 is 5.60 Å². The van der Waals surface area contributed by atoms with Crippen molar-refractivity contribution in [2.75, 3.05) is 19.7 Å². The van der Waals surface area contributed by atoms with Crippen LogP contribution in [0.2, 0.25) is 0 Å². The van der Waals surface area contributed by atoms with Crippen LogP contribution < -0.4 is 0 Å². The van der Waals surface area contributed by atoms with Gasteiger partial charge in [-0.1, -0.05) is 42.4 Å². The Bertz CT molecular complexity index is 752. The summed E-state index contributed by atoms with van der Waals surface area (Å²) >= 11 is 0. The molecule has 2 aliphatic heterocycles. The van der Waals surface area contributed by atoms with Gasteiger partial charge in [0.1, 0.15) is 11.7 Å². The van der Waals surface area contributed by atoms with Gasteiger partial charge >= 0.3 is 0 Å². The summed E-state index contributed by atoms with van der Waals surface area (Å²) in [5, 5.41) is 3.93. The minimum absolute atomic E-state index is 0.136. The number of aryl methyl sites for hydroxylation is 1. The maximum absolute atomic E-state index is 12.8. The van der Waals surface area contributed by atoms with Gasteiger partial charge in [0.25, 0.3) is 5.91 Å². The predicted octanol–water partition coefficient (Wildman–Crippen LogP) is 2.83. The van der Waals surface area contributed by atoms with Crippen molar-refractivity contribution in [2.24, 2.45) is 0 Å². The van der Waals surface area contributed by atoms with Crippen LogP contribution in [0.4, 0.5) is 0 Å². The zero-order chi connectivity index (χ0) is 18.0. The second-order valence-electron chi connectivity index (χ2n) is 7.02. The van der Waals surface area contributed by atoms with Gasteiger partial charge in [0.15, 0.2) is 0 Å². The number of ether oxygens (including phenoxy) is 2. The lowest BCUT2D eigenvalue weighted by Crippen LogP contribution is -2.42. The number of aromatic nitrogens is 1. The van der Waals surface area contributed by atoms with Gasteiger partial charge in [-0.25, -0.2) is 0 Å². The van der Waals surface area contributed by atoms with Gasteiger partial charge in [-0.15, -0.1) is 0 Å². The van der Waals surface area contributed by atoms with Crippen molar-refractivity contribution in [3.63, 3.8) is 0 Å². The van der Waals surface area contributed by atoms with Crippen LogP contribution in [0.3, 0.4) is 0 Å². The van der Waals surface area contributed by atoms with E-state index in [0.29, 0.717) is 25.5 Å². The van der Waals surface area contributed by atoms with Crippen molar-refractivity contribution >= 4 is 5.91 Å². The first-order valence-corrected chi connectivity index (χ1v) is 9.24. The third-order valence-corrected chi connectivity index (χ3v) is 5.28. The van der Waals surface area contributed by atoms with Crippen LogP contribution in [0.1, 0.15) is 41.6 Å². The van der Waals surface area contributed by atoms with Gasteiger partial charge in [-0.2, -0.15) is 0 Å². The first-order valence-electron chi connectivity index (χ1n) is 9.24. The summed E-state index contributed by atoms with van der Waals surface area (Å²) in [6.45, 7) is 4.26. The molecule has 6 nitrogen and oxygen atoms in total. The number of carbonyl (C=O) groups is 1. The fourth-order valence-electron chi connectivity index (χ4n) is 3.82. The first kappa shape index (κ1) is 17.2. The highest BCUT2D eigenvalue weighted by atomic mass is 16.6. The van der Waals surface area contributed by atoms with Crippen LogP contribution in [-0.2, 0) is 22.5 Å². The Balaban J connectivity index is 1.48. The molecule has 1 spiro atoms. The topological polar surface area (TPSA) is 64.8 Å². The van der Waals surface area contributed by atoms with Gasteiger partial charge < -0.3 is 18.9 Å². The fraction of sp³-hybridized carbons (Fsp3) is 0.500. The summed E-state index contributed by atoms with van der Waals surface area (Å²) in [6, 6.07) is 11.8. The fourth-order valence-corrected chi connectivity index (χ4v) is 3.82. The first-order chi connectivity index (χ1) is 12.7. The van der Waals surface area contributed by atoms with E-state index in [0.717, 1.165) is 37.1 Å². The highest BCUT2D eigenvalue weighted by Crippen LogP contribution is 2.38. The summed E-state index contributed by atoms with van der Waals surface area (Å²) in [5.41, 5.74) is 1.50. The molecular formula is C20H24N2O4. The number of benzene rings is 1. The van der Waals surface area contributed by atoms with Crippen LogP contribution in [0.5, 0.6) is 0 Å². The van der Waals surface area contributed by atoms with Crippen molar-refractivity contribution < 1.29 is 18.8 Å². The molecule has 1 aromatic carbocycles. The molecular weight excluding hydrogens is 332 g/mol. The molecule has 0 N–H and O–H groups in total. The lowest BCUT2D eigenvalue weighted by atomic mass is 9.96. The van der Waals surface area contributed by atoms with E-state index in [9.17, 15) is 4.79 Å². The second-order valence-corrected chi connectivity index (χ2v) is 7.02. The predicted molar refractivity (Wildman–Crippen MR) is 94.7 cm³/mol. The van der Waals surface area contributed by atoms with E-state index in [2.05, 4.69) is 5.16 Å². The molecule has 4 rings (SSSR count).